The van der Waals surface area contributed by atoms with Gasteiger partial charge in [-0.2, -0.15) is 13.2 Å². The normalized spacial score (nSPS) is 21.8. The third-order valence-electron chi connectivity index (χ3n) is 12.2. The summed E-state index contributed by atoms with van der Waals surface area (Å²) in [7, 11) is 0. The number of amides is 4. The Labute approximate surface area is 349 Å². The fourth-order valence-electron chi connectivity index (χ4n) is 8.96. The van der Waals surface area contributed by atoms with E-state index < -0.39 is 47.5 Å². The maximum Gasteiger partial charge on any atom is 0.416 e. The number of nitrogens with one attached hydrogen (secondary N) is 2. The number of hydrogen-bond acceptors (Lipinski definition) is 13. The third-order valence-corrected chi connectivity index (χ3v) is 12.2. The molecule has 61 heavy (non-hydrogen) atoms. The van der Waals surface area contributed by atoms with Gasteiger partial charge in [0.2, 0.25) is 11.8 Å². The average molecular weight is 842 g/mol. The lowest BCUT2D eigenvalue weighted by atomic mass is 9.97. The van der Waals surface area contributed by atoms with Crippen LogP contribution in [0.5, 0.6) is 5.75 Å². The van der Waals surface area contributed by atoms with E-state index in [0.717, 1.165) is 80.6 Å². The number of benzene rings is 3. The van der Waals surface area contributed by atoms with Gasteiger partial charge in [0.25, 0.3) is 11.8 Å². The molecule has 5 aliphatic rings. The predicted molar refractivity (Wildman–Crippen MR) is 219 cm³/mol. The number of nitrogens with zero attached hydrogens (tertiary/aromatic N) is 6. The van der Waals surface area contributed by atoms with Crippen LogP contribution in [-0.4, -0.2) is 115 Å². The van der Waals surface area contributed by atoms with E-state index in [9.17, 15) is 32.3 Å². The molecule has 18 heteroatoms. The molecule has 1 aromatic heterocycles. The van der Waals surface area contributed by atoms with E-state index in [2.05, 4.69) is 30.3 Å². The number of piperidine rings is 1. The maximum absolute atomic E-state index is 13.6. The molecule has 0 saturated carbocycles. The highest BCUT2D eigenvalue weighted by atomic mass is 19.4. The molecule has 15 nitrogen and oxygen atoms in total. The molecule has 4 fully saturated rings. The second-order valence-corrected chi connectivity index (χ2v) is 16.5. The number of aryl methyl sites for hydroxylation is 1. The van der Waals surface area contributed by atoms with Crippen molar-refractivity contribution in [1.82, 2.24) is 25.1 Å². The Morgan fingerprint density at radius 3 is 2.44 bits per heavy atom. The van der Waals surface area contributed by atoms with Crippen LogP contribution in [0.2, 0.25) is 0 Å². The van der Waals surface area contributed by atoms with E-state index >= 15 is 0 Å². The molecule has 3 aromatic carbocycles. The van der Waals surface area contributed by atoms with Crippen LogP contribution in [0.4, 0.5) is 36.1 Å². The lowest BCUT2D eigenvalue weighted by Gasteiger charge is -2.45. The van der Waals surface area contributed by atoms with Crippen LogP contribution in [0, 0.1) is 12.8 Å². The Bertz CT molecular complexity index is 2430. The summed E-state index contributed by atoms with van der Waals surface area (Å²) in [6, 6.07) is 11.1. The number of piperazine rings is 1. The zero-order valence-corrected chi connectivity index (χ0v) is 33.8. The molecule has 0 spiro atoms. The van der Waals surface area contributed by atoms with E-state index in [1.807, 2.05) is 18.2 Å². The van der Waals surface area contributed by atoms with E-state index in [1.165, 1.54) is 6.07 Å². The molecule has 1 unspecified atom stereocenters. The van der Waals surface area contributed by atoms with Crippen LogP contribution in [0.3, 0.4) is 0 Å². The Morgan fingerprint density at radius 2 is 1.72 bits per heavy atom. The Morgan fingerprint density at radius 1 is 0.951 bits per heavy atom. The topological polar surface area (TPSA) is 176 Å². The van der Waals surface area contributed by atoms with Crippen LogP contribution < -0.4 is 30.9 Å². The number of hydrogen-bond donors (Lipinski definition) is 3. The fourth-order valence-corrected chi connectivity index (χ4v) is 8.96. The van der Waals surface area contributed by atoms with Gasteiger partial charge in [-0.15, -0.1) is 0 Å². The number of imide groups is 2. The third kappa shape index (κ3) is 8.01. The Kier molecular flexibility index (Phi) is 10.5. The van der Waals surface area contributed by atoms with Gasteiger partial charge in [-0.25, -0.2) is 9.97 Å². The number of carbonyl (C=O) groups excluding carboxylic acids is 4. The van der Waals surface area contributed by atoms with Crippen LogP contribution >= 0.6 is 0 Å². The van der Waals surface area contributed by atoms with Crippen molar-refractivity contribution >= 4 is 57.4 Å². The molecule has 0 aliphatic carbocycles. The molecule has 4 saturated heterocycles. The molecule has 6 heterocycles. The van der Waals surface area contributed by atoms with Crippen molar-refractivity contribution in [2.75, 3.05) is 79.9 Å². The largest absolute Gasteiger partial charge is 0.486 e. The summed E-state index contributed by atoms with van der Waals surface area (Å²) in [5, 5.41) is 6.22. The van der Waals surface area contributed by atoms with Crippen molar-refractivity contribution < 1.29 is 41.8 Å². The lowest BCUT2D eigenvalue weighted by molar-refractivity contribution is -0.138. The molecule has 3 atom stereocenters. The summed E-state index contributed by atoms with van der Waals surface area (Å²) < 4.78 is 53.1. The molecule has 320 valence electrons. The predicted octanol–water partition coefficient (Wildman–Crippen LogP) is 4.54. The number of nitrogen functional groups attached to an aromatic ring is 1. The molecule has 4 N–H and O–H groups in total. The van der Waals surface area contributed by atoms with Crippen molar-refractivity contribution in [3.8, 4) is 5.75 Å². The van der Waals surface area contributed by atoms with Gasteiger partial charge < -0.3 is 30.3 Å². The Balaban J connectivity index is 0.859. The zero-order chi connectivity index (χ0) is 42.7. The first kappa shape index (κ1) is 40.4. The highest BCUT2D eigenvalue weighted by Crippen LogP contribution is 2.39. The summed E-state index contributed by atoms with van der Waals surface area (Å²) in [4.78, 5) is 68.0. The first-order chi connectivity index (χ1) is 29.2. The van der Waals surface area contributed by atoms with Crippen LogP contribution in [0.15, 0.2) is 48.5 Å². The summed E-state index contributed by atoms with van der Waals surface area (Å²) in [5.74, 6) is -0.0431. The molecule has 5 aliphatic heterocycles. The molecule has 4 amide bonds. The highest BCUT2D eigenvalue weighted by Gasteiger charge is 2.45. The smallest absolute Gasteiger partial charge is 0.416 e. The van der Waals surface area contributed by atoms with Gasteiger partial charge in [0.1, 0.15) is 29.5 Å². The SMILES string of the molecule is Cc1nc(N[C@H](C)c2cc(N)cc(C(F)(F)F)c2)c2cc(O[C@H]3CCOC3)c(N3CCN(CC4CN(c5ccc6c(c5)C(=O)N(C5CCC(=O)NC5=O)C6=O)C4)CC3)cc2n1. The number of anilines is 4. The van der Waals surface area contributed by atoms with Crippen molar-refractivity contribution in [3.05, 3.63) is 76.6 Å². The average Bonchev–Trinajstić information content (AvgIpc) is 3.80. The molecule has 9 rings (SSSR count). The first-order valence-corrected chi connectivity index (χ1v) is 20.6. The first-order valence-electron chi connectivity index (χ1n) is 20.6. The molecule has 0 bridgehead atoms. The Hall–Kier alpha value is -6.01. The van der Waals surface area contributed by atoms with Crippen LogP contribution in [-0.2, 0) is 20.5 Å². The monoisotopic (exact) mass is 841 g/mol. The number of alkyl halides is 3. The molecular formula is C43H46F3N9O6. The maximum atomic E-state index is 13.6. The van der Waals surface area contributed by atoms with Gasteiger partial charge >= 0.3 is 6.18 Å². The molecule has 0 radical (unpaired) electrons. The standard InChI is InChI=1S/C43H46F3N9O6/c1-23(26-13-27(43(44,45)46)15-28(47)14-26)48-39-33-17-37(61-30-7-12-60-22-30)36(18-34(33)49-24(2)50-39)53-10-8-52(9-11-53)19-25-20-54(21-25)29-3-4-31-32(16-29)42(59)55(41(31)58)35-5-6-38(56)51-40(35)57/h3-4,13-18,23,25,30,35H,5-12,19-22,47H2,1-2H3,(H,48,49,50)(H,51,56,57)/t23-,30+,35?/m1/s1. The summed E-state index contributed by atoms with van der Waals surface area (Å²) in [5.41, 5.74) is 8.41. The van der Waals surface area contributed by atoms with E-state index in [1.54, 1.807) is 26.0 Å². The number of aromatic nitrogens is 2. The number of carbonyl (C=O) groups is 4. The second-order valence-electron chi connectivity index (χ2n) is 16.5. The van der Waals surface area contributed by atoms with Gasteiger partial charge in [0.15, 0.2) is 0 Å². The molecular weight excluding hydrogens is 796 g/mol. The summed E-state index contributed by atoms with van der Waals surface area (Å²) in [6.45, 7) is 10.2. The number of halogens is 3. The van der Waals surface area contributed by atoms with E-state index in [0.29, 0.717) is 53.0 Å². The van der Waals surface area contributed by atoms with Crippen LogP contribution in [0.25, 0.3) is 10.9 Å². The number of fused-ring (bicyclic) bond motifs is 2. The van der Waals surface area contributed by atoms with Gasteiger partial charge in [-0.3, -0.25) is 34.3 Å². The van der Waals surface area contributed by atoms with E-state index in [4.69, 9.17) is 20.2 Å². The quantitative estimate of drug-likeness (QED) is 0.150. The van der Waals surface area contributed by atoms with Crippen LogP contribution in [0.1, 0.15) is 69.9 Å². The minimum atomic E-state index is -4.54. The van der Waals surface area contributed by atoms with Gasteiger partial charge in [0, 0.05) is 81.3 Å². The number of nitrogens with two attached hydrogens (primary N) is 1. The number of ether oxygens (including phenoxy) is 2. The van der Waals surface area contributed by atoms with Crippen molar-refractivity contribution in [3.63, 3.8) is 0 Å². The van der Waals surface area contributed by atoms with Crippen molar-refractivity contribution in [1.29, 1.82) is 0 Å². The highest BCUT2D eigenvalue weighted by molar-refractivity contribution is 6.23. The zero-order valence-electron chi connectivity index (χ0n) is 33.8. The van der Waals surface area contributed by atoms with Crippen molar-refractivity contribution in [2.45, 2.75) is 57.5 Å². The molecule has 4 aromatic rings. The minimum Gasteiger partial charge on any atom is -0.486 e. The van der Waals surface area contributed by atoms with E-state index in [-0.39, 0.29) is 35.8 Å². The van der Waals surface area contributed by atoms with Crippen molar-refractivity contribution in [2.24, 2.45) is 5.92 Å². The summed E-state index contributed by atoms with van der Waals surface area (Å²) in [6.07, 6.45) is -3.75. The van der Waals surface area contributed by atoms with Gasteiger partial charge in [-0.1, -0.05) is 0 Å². The lowest BCUT2D eigenvalue weighted by Crippen LogP contribution is -2.55. The fraction of sp³-hybridized carbons (Fsp3) is 0.442. The van der Waals surface area contributed by atoms with Gasteiger partial charge in [0.05, 0.1) is 47.2 Å². The van der Waals surface area contributed by atoms with Gasteiger partial charge in [-0.05, 0) is 74.4 Å². The minimum absolute atomic E-state index is 0.0206. The number of rotatable bonds is 10. The second kappa shape index (κ2) is 15.8. The summed E-state index contributed by atoms with van der Waals surface area (Å²) >= 11 is 0.